The number of hydrogen-bond acceptors (Lipinski definition) is 6. The van der Waals surface area contributed by atoms with Crippen molar-refractivity contribution in [1.29, 1.82) is 0 Å². The minimum Gasteiger partial charge on any atom is -0.508 e. The molecule has 8 nitrogen and oxygen atoms in total. The number of phenolic OH excluding ortho intramolecular Hbond substituents is 1. The van der Waals surface area contributed by atoms with Crippen molar-refractivity contribution < 1.29 is 9.90 Å². The van der Waals surface area contributed by atoms with Gasteiger partial charge in [0.05, 0.1) is 18.0 Å². The maximum absolute atomic E-state index is 12.4. The predicted octanol–water partition coefficient (Wildman–Crippen LogP) is 2.90. The molecule has 5 rings (SSSR count). The Kier molecular flexibility index (Phi) is 3.99. The SMILES string of the molecule is C=CC(=O)N1CC(n2nc(-c3ccc(O)cc3)c3c(N)ncnc32)c2ccccc21. The minimum absolute atomic E-state index is 0.162. The van der Waals surface area contributed by atoms with Crippen LogP contribution in [0.4, 0.5) is 11.5 Å². The number of rotatable bonds is 3. The van der Waals surface area contributed by atoms with E-state index in [4.69, 9.17) is 10.8 Å². The molecule has 1 amide bonds. The topological polar surface area (TPSA) is 110 Å². The van der Waals surface area contributed by atoms with Crippen molar-refractivity contribution in [1.82, 2.24) is 19.7 Å². The number of hydrogen-bond donors (Lipinski definition) is 2. The number of nitrogens with two attached hydrogens (primary N) is 1. The monoisotopic (exact) mass is 398 g/mol. The van der Waals surface area contributed by atoms with Crippen LogP contribution in [0.3, 0.4) is 0 Å². The first-order valence-electron chi connectivity index (χ1n) is 9.39. The lowest BCUT2D eigenvalue weighted by atomic mass is 10.1. The van der Waals surface area contributed by atoms with Crippen LogP contribution in [-0.2, 0) is 4.79 Å². The second-order valence-electron chi connectivity index (χ2n) is 7.03. The summed E-state index contributed by atoms with van der Waals surface area (Å²) in [4.78, 5) is 22.7. The summed E-state index contributed by atoms with van der Waals surface area (Å²) < 4.78 is 1.80. The van der Waals surface area contributed by atoms with E-state index >= 15 is 0 Å². The summed E-state index contributed by atoms with van der Waals surface area (Å²) in [5.74, 6) is 0.309. The maximum atomic E-state index is 12.4. The fourth-order valence-corrected chi connectivity index (χ4v) is 3.95. The molecule has 8 heteroatoms. The summed E-state index contributed by atoms with van der Waals surface area (Å²) in [6.07, 6.45) is 2.71. The summed E-state index contributed by atoms with van der Waals surface area (Å²) in [5.41, 5.74) is 9.97. The van der Waals surface area contributed by atoms with Crippen molar-refractivity contribution in [2.45, 2.75) is 6.04 Å². The second-order valence-corrected chi connectivity index (χ2v) is 7.03. The Hall–Kier alpha value is -4.20. The van der Waals surface area contributed by atoms with Crippen molar-refractivity contribution >= 4 is 28.4 Å². The predicted molar refractivity (Wildman–Crippen MR) is 114 cm³/mol. The third-order valence-corrected chi connectivity index (χ3v) is 5.34. The molecule has 30 heavy (non-hydrogen) atoms. The van der Waals surface area contributed by atoms with Crippen molar-refractivity contribution in [3.8, 4) is 17.0 Å². The van der Waals surface area contributed by atoms with Gasteiger partial charge < -0.3 is 15.7 Å². The van der Waals surface area contributed by atoms with Crippen LogP contribution < -0.4 is 10.6 Å². The Bertz CT molecular complexity index is 1290. The van der Waals surface area contributed by atoms with Gasteiger partial charge in [0.2, 0.25) is 5.91 Å². The van der Waals surface area contributed by atoms with Crippen LogP contribution >= 0.6 is 0 Å². The van der Waals surface area contributed by atoms with Crippen LogP contribution in [0.25, 0.3) is 22.3 Å². The number of anilines is 2. The zero-order valence-corrected chi connectivity index (χ0v) is 15.9. The number of amides is 1. The van der Waals surface area contributed by atoms with E-state index in [1.807, 2.05) is 24.3 Å². The van der Waals surface area contributed by atoms with Gasteiger partial charge in [0.25, 0.3) is 0 Å². The van der Waals surface area contributed by atoms with E-state index in [-0.39, 0.29) is 17.7 Å². The largest absolute Gasteiger partial charge is 0.508 e. The van der Waals surface area contributed by atoms with Crippen LogP contribution in [0.5, 0.6) is 5.75 Å². The Morgan fingerprint density at radius 2 is 1.93 bits per heavy atom. The highest BCUT2D eigenvalue weighted by Gasteiger charge is 2.34. The number of benzene rings is 2. The van der Waals surface area contributed by atoms with Crippen LogP contribution in [-0.4, -0.2) is 37.3 Å². The van der Waals surface area contributed by atoms with Gasteiger partial charge in [-0.3, -0.25) is 4.79 Å². The highest BCUT2D eigenvalue weighted by atomic mass is 16.3. The molecule has 0 aliphatic carbocycles. The molecule has 1 aliphatic rings. The summed E-state index contributed by atoms with van der Waals surface area (Å²) in [6.45, 7) is 4.02. The van der Waals surface area contributed by atoms with Crippen LogP contribution in [0.1, 0.15) is 11.6 Å². The summed E-state index contributed by atoms with van der Waals surface area (Å²) in [5, 5.41) is 15.1. The van der Waals surface area contributed by atoms with Gasteiger partial charge in [0.1, 0.15) is 23.6 Å². The fourth-order valence-electron chi connectivity index (χ4n) is 3.95. The first-order chi connectivity index (χ1) is 14.6. The molecule has 2 aromatic carbocycles. The quantitative estimate of drug-likeness (QED) is 0.514. The van der Waals surface area contributed by atoms with Crippen LogP contribution in [0.15, 0.2) is 67.5 Å². The third kappa shape index (κ3) is 2.61. The second kappa shape index (κ2) is 6.70. The lowest BCUT2D eigenvalue weighted by molar-refractivity contribution is -0.114. The number of nitrogen functional groups attached to an aromatic ring is 1. The molecule has 0 spiro atoms. The number of aromatic hydroxyl groups is 1. The molecule has 0 saturated heterocycles. The van der Waals surface area contributed by atoms with E-state index in [0.29, 0.717) is 29.1 Å². The highest BCUT2D eigenvalue weighted by molar-refractivity contribution is 6.03. The minimum atomic E-state index is -0.243. The van der Waals surface area contributed by atoms with Gasteiger partial charge in [-0.1, -0.05) is 24.8 Å². The first kappa shape index (κ1) is 17.9. The maximum Gasteiger partial charge on any atom is 0.250 e. The van der Waals surface area contributed by atoms with E-state index in [0.717, 1.165) is 16.8 Å². The molecule has 1 aliphatic heterocycles. The van der Waals surface area contributed by atoms with Gasteiger partial charge in [-0.25, -0.2) is 14.6 Å². The van der Waals surface area contributed by atoms with Gasteiger partial charge in [-0.05, 0) is 36.4 Å². The molecule has 1 unspecified atom stereocenters. The summed E-state index contributed by atoms with van der Waals surface area (Å²) in [6, 6.07) is 14.2. The Morgan fingerprint density at radius 3 is 2.70 bits per heavy atom. The van der Waals surface area contributed by atoms with E-state index in [2.05, 4.69) is 16.5 Å². The standard InChI is InChI=1S/C22H18N6O2/c1-2-18(30)27-11-17(15-5-3-4-6-16(15)27)28-22-19(21(23)24-12-25-22)20(26-28)13-7-9-14(29)10-8-13/h2-10,12,17,29H,1,11H2,(H2,23,24,25). The summed E-state index contributed by atoms with van der Waals surface area (Å²) in [7, 11) is 0. The molecular formula is C22H18N6O2. The van der Waals surface area contributed by atoms with Gasteiger partial charge >= 0.3 is 0 Å². The number of carbonyl (C=O) groups excluding carboxylic acids is 1. The van der Waals surface area contributed by atoms with Crippen molar-refractivity contribution in [3.63, 3.8) is 0 Å². The number of phenols is 1. The lowest BCUT2D eigenvalue weighted by Gasteiger charge is -2.16. The van der Waals surface area contributed by atoms with E-state index in [1.165, 1.54) is 12.4 Å². The zero-order valence-electron chi connectivity index (χ0n) is 15.9. The zero-order chi connectivity index (χ0) is 20.8. The van der Waals surface area contributed by atoms with Crippen molar-refractivity contribution in [2.75, 3.05) is 17.2 Å². The Morgan fingerprint density at radius 1 is 1.17 bits per heavy atom. The van der Waals surface area contributed by atoms with Gasteiger partial charge in [0.15, 0.2) is 5.65 Å². The molecule has 3 heterocycles. The van der Waals surface area contributed by atoms with E-state index in [1.54, 1.807) is 33.8 Å². The average molecular weight is 398 g/mol. The molecule has 2 aromatic heterocycles. The molecule has 3 N–H and O–H groups in total. The first-order valence-corrected chi connectivity index (χ1v) is 9.39. The van der Waals surface area contributed by atoms with E-state index < -0.39 is 0 Å². The third-order valence-electron chi connectivity index (χ3n) is 5.34. The Labute approximate surface area is 171 Å². The molecule has 4 aromatic rings. The molecule has 1 atom stereocenters. The molecule has 148 valence electrons. The number of nitrogens with zero attached hydrogens (tertiary/aromatic N) is 5. The van der Waals surface area contributed by atoms with Gasteiger partial charge in [-0.2, -0.15) is 5.10 Å². The molecule has 0 fully saturated rings. The van der Waals surface area contributed by atoms with Crippen molar-refractivity contribution in [2.24, 2.45) is 0 Å². The number of aromatic nitrogens is 4. The summed E-state index contributed by atoms with van der Waals surface area (Å²) >= 11 is 0. The van der Waals surface area contributed by atoms with E-state index in [9.17, 15) is 9.90 Å². The number of fused-ring (bicyclic) bond motifs is 2. The van der Waals surface area contributed by atoms with Crippen LogP contribution in [0.2, 0.25) is 0 Å². The molecule has 0 radical (unpaired) electrons. The normalized spacial score (nSPS) is 15.3. The van der Waals surface area contributed by atoms with Gasteiger partial charge in [-0.15, -0.1) is 0 Å². The van der Waals surface area contributed by atoms with Gasteiger partial charge in [0, 0.05) is 16.8 Å². The number of para-hydroxylation sites is 1. The number of carbonyl (C=O) groups is 1. The van der Waals surface area contributed by atoms with Crippen molar-refractivity contribution in [3.05, 3.63) is 73.1 Å². The lowest BCUT2D eigenvalue weighted by Crippen LogP contribution is -2.29. The highest BCUT2D eigenvalue weighted by Crippen LogP contribution is 2.40. The molecule has 0 saturated carbocycles. The Balaban J connectivity index is 1.73. The molecular weight excluding hydrogens is 380 g/mol. The molecule has 0 bridgehead atoms. The smallest absolute Gasteiger partial charge is 0.250 e. The van der Waals surface area contributed by atoms with Crippen LogP contribution in [0, 0.1) is 0 Å². The fraction of sp³-hybridized carbons (Fsp3) is 0.0909. The average Bonchev–Trinajstić information content (AvgIpc) is 3.33.